The predicted molar refractivity (Wildman–Crippen MR) is 184 cm³/mol. The zero-order valence-electron chi connectivity index (χ0n) is 25.5. The molecule has 1 N–H and O–H groups in total. The Kier molecular flexibility index (Phi) is 11.2. The second-order valence-electron chi connectivity index (χ2n) is 11.1. The molecule has 0 aliphatic carbocycles. The number of benzene rings is 2. The number of hydrazine groups is 1. The minimum Gasteiger partial charge on any atom is -0.493 e. The number of rotatable bonds is 4. The number of fused-ring (bicyclic) bond motifs is 1. The van der Waals surface area contributed by atoms with Gasteiger partial charge in [-0.3, -0.25) is 14.3 Å². The molecule has 2 aromatic carbocycles. The Bertz CT molecular complexity index is 1530. The molecule has 1 fully saturated rings. The summed E-state index contributed by atoms with van der Waals surface area (Å²) >= 11 is 4.55. The van der Waals surface area contributed by atoms with Gasteiger partial charge in [0.2, 0.25) is 11.8 Å². The van der Waals surface area contributed by atoms with Crippen LogP contribution in [-0.2, 0) is 29.0 Å². The van der Waals surface area contributed by atoms with Crippen molar-refractivity contribution < 1.29 is 19.4 Å². The zero-order chi connectivity index (χ0) is 31.4. The summed E-state index contributed by atoms with van der Waals surface area (Å²) in [6.45, 7) is 12.6. The minimum atomic E-state index is -0.434. The van der Waals surface area contributed by atoms with Crippen LogP contribution in [0.3, 0.4) is 0 Å². The molecule has 0 atom stereocenters. The number of halogens is 2. The number of carbonyl (C=O) groups is 2. The van der Waals surface area contributed by atoms with Gasteiger partial charge in [-0.25, -0.2) is 19.5 Å². The third-order valence-corrected chi connectivity index (χ3v) is 9.23. The molecule has 1 aromatic heterocycles. The summed E-state index contributed by atoms with van der Waals surface area (Å²) in [7, 11) is 0. The number of hydrogen-bond acceptors (Lipinski definition) is 5. The quantitative estimate of drug-likeness (QED) is 0.305. The van der Waals surface area contributed by atoms with Crippen molar-refractivity contribution in [2.24, 2.45) is 0 Å². The van der Waals surface area contributed by atoms with Crippen LogP contribution in [0.15, 0.2) is 29.1 Å². The molecule has 232 valence electrons. The highest BCUT2D eigenvalue weighted by molar-refractivity contribution is 14.1. The van der Waals surface area contributed by atoms with E-state index in [4.69, 9.17) is 4.74 Å². The highest BCUT2D eigenvalue weighted by atomic mass is 127. The van der Waals surface area contributed by atoms with Crippen LogP contribution in [0, 0.1) is 34.8 Å². The number of ether oxygens (including phenoxy) is 1. The summed E-state index contributed by atoms with van der Waals surface area (Å²) in [6.07, 6.45) is 3.68. The molecule has 0 saturated carbocycles. The van der Waals surface area contributed by atoms with E-state index >= 15 is 0 Å². The van der Waals surface area contributed by atoms with Crippen LogP contribution in [0.2, 0.25) is 0 Å². The number of amides is 2. The lowest BCUT2D eigenvalue weighted by molar-refractivity contribution is -0.148. The summed E-state index contributed by atoms with van der Waals surface area (Å²) < 4.78 is 10.8. The van der Waals surface area contributed by atoms with E-state index in [1.165, 1.54) is 8.58 Å². The van der Waals surface area contributed by atoms with Crippen molar-refractivity contribution in [2.45, 2.75) is 79.8 Å². The van der Waals surface area contributed by atoms with Crippen molar-refractivity contribution >= 4 is 57.2 Å². The van der Waals surface area contributed by atoms with Gasteiger partial charge in [0, 0.05) is 33.3 Å². The lowest BCUT2D eigenvalue weighted by atomic mass is 9.98. The van der Waals surface area contributed by atoms with Gasteiger partial charge in [-0.15, -0.1) is 0 Å². The zero-order valence-corrected chi connectivity index (χ0v) is 29.8. The molecule has 2 aliphatic rings. The molecule has 3 aromatic rings. The number of aryl methyl sites for hydroxylation is 4. The van der Waals surface area contributed by atoms with Gasteiger partial charge in [-0.2, -0.15) is 0 Å². The maximum absolute atomic E-state index is 12.8. The lowest BCUT2D eigenvalue weighted by Gasteiger charge is -2.37. The standard InChI is InChI=1S/C17H23IN2O3.C15H17IN2O2/c1-4-23-17(22)20-8-6-5-7-19(20)16(21)11-15-12(2)9-14(18)10-13(15)3;1-9-7-11(16)8-10(2)12(9)13-14(19)17-5-3-4-6-18(17)15(13)20/h9-10H,4-8,11H2,1-3H3;7-8,19H,3-6H2,1-2H3. The maximum Gasteiger partial charge on any atom is 0.428 e. The third kappa shape index (κ3) is 7.40. The van der Waals surface area contributed by atoms with Crippen molar-refractivity contribution in [3.63, 3.8) is 0 Å². The van der Waals surface area contributed by atoms with E-state index in [2.05, 4.69) is 57.3 Å². The first-order valence-electron chi connectivity index (χ1n) is 14.7. The average Bonchev–Trinajstić information content (AvgIpc) is 3.20. The van der Waals surface area contributed by atoms with Crippen LogP contribution in [0.25, 0.3) is 11.1 Å². The first-order chi connectivity index (χ1) is 20.4. The van der Waals surface area contributed by atoms with E-state index in [9.17, 15) is 19.5 Å². The highest BCUT2D eigenvalue weighted by Gasteiger charge is 2.30. The topological polar surface area (TPSA) is 97.0 Å². The van der Waals surface area contributed by atoms with Crippen LogP contribution in [0.1, 0.15) is 60.4 Å². The van der Waals surface area contributed by atoms with Gasteiger partial charge in [0.15, 0.2) is 0 Å². The van der Waals surface area contributed by atoms with Crippen molar-refractivity contribution in [1.29, 1.82) is 0 Å². The molecule has 3 heterocycles. The van der Waals surface area contributed by atoms with Gasteiger partial charge < -0.3 is 9.84 Å². The number of hydrogen-bond donors (Lipinski definition) is 1. The fourth-order valence-electron chi connectivity index (χ4n) is 5.95. The van der Waals surface area contributed by atoms with Gasteiger partial charge in [-0.1, -0.05) is 0 Å². The lowest BCUT2D eigenvalue weighted by Crippen LogP contribution is -2.53. The molecule has 0 spiro atoms. The largest absolute Gasteiger partial charge is 0.493 e. The summed E-state index contributed by atoms with van der Waals surface area (Å²) in [6, 6.07) is 8.25. The smallest absolute Gasteiger partial charge is 0.428 e. The number of carbonyl (C=O) groups excluding carboxylic acids is 2. The van der Waals surface area contributed by atoms with Crippen molar-refractivity contribution in [3.05, 3.63) is 69.6 Å². The SMILES string of the molecule is CCOC(=O)N1CCCCN1C(=O)Cc1c(C)cc(I)cc1C.Cc1cc(I)cc(C)c1-c1c(O)n2n(c1=O)CCCC2. The average molecular weight is 815 g/mol. The fourth-order valence-corrected chi connectivity index (χ4v) is 7.82. The van der Waals surface area contributed by atoms with Crippen molar-refractivity contribution in [3.8, 4) is 17.0 Å². The van der Waals surface area contributed by atoms with Crippen LogP contribution in [0.4, 0.5) is 4.79 Å². The molecule has 5 rings (SSSR count). The van der Waals surface area contributed by atoms with Gasteiger partial charge in [-0.05, 0) is 163 Å². The summed E-state index contributed by atoms with van der Waals surface area (Å²) in [5.74, 6) is 0.0623. The minimum absolute atomic E-state index is 0.0508. The van der Waals surface area contributed by atoms with Gasteiger partial charge in [0.25, 0.3) is 5.56 Å². The fraction of sp³-hybridized carbons (Fsp3) is 0.469. The monoisotopic (exact) mass is 814 g/mol. The molecular formula is C32H40I2N4O5. The van der Waals surface area contributed by atoms with E-state index in [-0.39, 0.29) is 17.3 Å². The molecule has 11 heteroatoms. The number of nitrogens with zero attached hydrogens (tertiary/aromatic N) is 4. The number of aromatic nitrogens is 2. The molecule has 9 nitrogen and oxygen atoms in total. The van der Waals surface area contributed by atoms with Crippen LogP contribution in [-0.4, -0.2) is 56.2 Å². The molecule has 43 heavy (non-hydrogen) atoms. The third-order valence-electron chi connectivity index (χ3n) is 7.98. The van der Waals surface area contributed by atoms with Crippen LogP contribution >= 0.6 is 45.2 Å². The molecule has 0 bridgehead atoms. The Hall–Kier alpha value is -2.55. The van der Waals surface area contributed by atoms with Crippen molar-refractivity contribution in [2.75, 3.05) is 19.7 Å². The normalized spacial score (nSPS) is 14.6. The molecule has 0 radical (unpaired) electrons. The Morgan fingerprint density at radius 3 is 1.79 bits per heavy atom. The summed E-state index contributed by atoms with van der Waals surface area (Å²) in [5, 5.41) is 13.5. The molecule has 1 saturated heterocycles. The Morgan fingerprint density at radius 1 is 0.767 bits per heavy atom. The maximum atomic E-state index is 12.8. The molecular weight excluding hydrogens is 774 g/mol. The molecule has 2 amide bonds. The first kappa shape index (κ1) is 33.3. The van der Waals surface area contributed by atoms with E-state index in [0.717, 1.165) is 62.6 Å². The van der Waals surface area contributed by atoms with E-state index in [0.29, 0.717) is 44.8 Å². The van der Waals surface area contributed by atoms with Crippen LogP contribution in [0.5, 0.6) is 5.88 Å². The van der Waals surface area contributed by atoms with Gasteiger partial charge >= 0.3 is 6.09 Å². The number of aromatic hydroxyl groups is 1. The van der Waals surface area contributed by atoms with E-state index in [1.54, 1.807) is 21.3 Å². The highest BCUT2D eigenvalue weighted by Crippen LogP contribution is 2.34. The van der Waals surface area contributed by atoms with Gasteiger partial charge in [0.05, 0.1) is 13.0 Å². The summed E-state index contributed by atoms with van der Waals surface area (Å²) in [5.41, 5.74) is 6.60. The van der Waals surface area contributed by atoms with Gasteiger partial charge in [0.1, 0.15) is 5.56 Å². The predicted octanol–water partition coefficient (Wildman–Crippen LogP) is 6.48. The Labute approximate surface area is 280 Å². The Morgan fingerprint density at radius 2 is 1.26 bits per heavy atom. The second kappa shape index (κ2) is 14.5. The first-order valence-corrected chi connectivity index (χ1v) is 16.9. The van der Waals surface area contributed by atoms with E-state index < -0.39 is 6.09 Å². The molecule has 2 aliphatic heterocycles. The van der Waals surface area contributed by atoms with E-state index in [1.807, 2.05) is 39.8 Å². The Balaban J connectivity index is 0.000000198. The summed E-state index contributed by atoms with van der Waals surface area (Å²) in [4.78, 5) is 37.4. The second-order valence-corrected chi connectivity index (χ2v) is 13.6. The van der Waals surface area contributed by atoms with Crippen LogP contribution < -0.4 is 5.56 Å². The molecule has 0 unspecified atom stereocenters. The van der Waals surface area contributed by atoms with Crippen molar-refractivity contribution in [1.82, 2.24) is 19.4 Å².